The molecule has 1 aromatic carbocycles. The maximum Gasteiger partial charge on any atom is 0.335 e. The normalized spacial score (nSPS) is 20.8. The number of β-amino-alcohol motifs (C(OH)–C–C–N with tert-alkyl or cyclic N) is 1. The fourth-order valence-electron chi connectivity index (χ4n) is 2.11. The average Bonchev–Trinajstić information content (AvgIpc) is 2.38. The van der Waals surface area contributed by atoms with E-state index in [1.807, 2.05) is 0 Å². The van der Waals surface area contributed by atoms with Gasteiger partial charge in [0.1, 0.15) is 10.7 Å². The molecule has 2 N–H and O–H groups in total. The molecule has 1 aromatic rings. The number of aromatic carboxylic acids is 1. The minimum absolute atomic E-state index is 0.112. The number of halogens is 1. The molecule has 1 saturated heterocycles. The second kappa shape index (κ2) is 5.47. The number of piperidine rings is 1. The maximum atomic E-state index is 13.7. The molecule has 1 aliphatic rings. The zero-order valence-corrected chi connectivity index (χ0v) is 11.3. The van der Waals surface area contributed by atoms with E-state index in [1.165, 1.54) is 0 Å². The maximum absolute atomic E-state index is 13.7. The lowest BCUT2D eigenvalue weighted by Crippen LogP contribution is -2.42. The third-order valence-electron chi connectivity index (χ3n) is 3.16. The molecule has 0 bridgehead atoms. The van der Waals surface area contributed by atoms with Gasteiger partial charge in [0.2, 0.25) is 10.0 Å². The SMILES string of the molecule is O=C(O)c1ccc(F)c(S(=O)(=O)N2CCCC(O)C2)c1. The van der Waals surface area contributed by atoms with Gasteiger partial charge >= 0.3 is 5.97 Å². The third kappa shape index (κ3) is 2.82. The van der Waals surface area contributed by atoms with Gasteiger partial charge in [-0.05, 0) is 31.0 Å². The quantitative estimate of drug-likeness (QED) is 0.856. The summed E-state index contributed by atoms with van der Waals surface area (Å²) >= 11 is 0. The molecule has 1 atom stereocenters. The van der Waals surface area contributed by atoms with Crippen molar-refractivity contribution >= 4 is 16.0 Å². The highest BCUT2D eigenvalue weighted by Gasteiger charge is 2.32. The van der Waals surface area contributed by atoms with Crippen molar-refractivity contribution in [2.45, 2.75) is 23.8 Å². The van der Waals surface area contributed by atoms with E-state index in [0.29, 0.717) is 12.8 Å². The van der Waals surface area contributed by atoms with Crippen LogP contribution in [0.1, 0.15) is 23.2 Å². The lowest BCUT2D eigenvalue weighted by atomic mass is 10.1. The van der Waals surface area contributed by atoms with Crippen LogP contribution in [0.5, 0.6) is 0 Å². The van der Waals surface area contributed by atoms with Crippen LogP contribution in [-0.4, -0.2) is 48.1 Å². The number of carboxylic acid groups (broad SMARTS) is 1. The molecule has 0 spiro atoms. The van der Waals surface area contributed by atoms with Crippen LogP contribution >= 0.6 is 0 Å². The van der Waals surface area contributed by atoms with Gasteiger partial charge in [0.05, 0.1) is 11.7 Å². The fourth-order valence-corrected chi connectivity index (χ4v) is 3.72. The van der Waals surface area contributed by atoms with E-state index in [2.05, 4.69) is 0 Å². The van der Waals surface area contributed by atoms with Crippen LogP contribution in [0.15, 0.2) is 23.1 Å². The van der Waals surface area contributed by atoms with E-state index in [0.717, 1.165) is 22.5 Å². The molecule has 1 heterocycles. The molecule has 110 valence electrons. The molecule has 2 rings (SSSR count). The Bertz CT molecular complexity index is 631. The topological polar surface area (TPSA) is 94.9 Å². The molecule has 0 radical (unpaired) electrons. The minimum atomic E-state index is -4.15. The van der Waals surface area contributed by atoms with E-state index in [4.69, 9.17) is 5.11 Å². The van der Waals surface area contributed by atoms with Crippen molar-refractivity contribution in [2.75, 3.05) is 13.1 Å². The Kier molecular flexibility index (Phi) is 4.07. The van der Waals surface area contributed by atoms with Gasteiger partial charge in [-0.1, -0.05) is 0 Å². The van der Waals surface area contributed by atoms with Crippen molar-refractivity contribution in [3.8, 4) is 0 Å². The Morgan fingerprint density at radius 3 is 2.70 bits per heavy atom. The molecule has 0 aromatic heterocycles. The number of carboxylic acids is 1. The van der Waals surface area contributed by atoms with Crippen LogP contribution in [-0.2, 0) is 10.0 Å². The van der Waals surface area contributed by atoms with Crippen molar-refractivity contribution in [1.82, 2.24) is 4.31 Å². The summed E-state index contributed by atoms with van der Waals surface area (Å²) in [6.07, 6.45) is 0.175. The number of aliphatic hydroxyl groups excluding tert-OH is 1. The summed E-state index contributed by atoms with van der Waals surface area (Å²) in [6.45, 7) is 0.0647. The van der Waals surface area contributed by atoms with Gasteiger partial charge in [-0.15, -0.1) is 0 Å². The Morgan fingerprint density at radius 1 is 1.40 bits per heavy atom. The van der Waals surface area contributed by atoms with Crippen molar-refractivity contribution < 1.29 is 27.8 Å². The number of benzene rings is 1. The molecule has 0 saturated carbocycles. The highest BCUT2D eigenvalue weighted by atomic mass is 32.2. The lowest BCUT2D eigenvalue weighted by Gasteiger charge is -2.29. The first-order valence-electron chi connectivity index (χ1n) is 6.03. The van der Waals surface area contributed by atoms with Crippen LogP contribution in [0.4, 0.5) is 4.39 Å². The van der Waals surface area contributed by atoms with Gasteiger partial charge in [-0.2, -0.15) is 4.31 Å². The first kappa shape index (κ1) is 14.9. The van der Waals surface area contributed by atoms with E-state index < -0.39 is 32.8 Å². The molecule has 6 nitrogen and oxygen atoms in total. The second-order valence-corrected chi connectivity index (χ2v) is 6.52. The number of carbonyl (C=O) groups is 1. The summed E-state index contributed by atoms with van der Waals surface area (Å²) in [7, 11) is -4.15. The van der Waals surface area contributed by atoms with Gasteiger partial charge in [-0.3, -0.25) is 0 Å². The zero-order chi connectivity index (χ0) is 14.9. The smallest absolute Gasteiger partial charge is 0.335 e. The Labute approximate surface area is 115 Å². The Morgan fingerprint density at radius 2 is 2.10 bits per heavy atom. The highest BCUT2D eigenvalue weighted by molar-refractivity contribution is 7.89. The number of rotatable bonds is 3. The predicted molar refractivity (Wildman–Crippen MR) is 67.4 cm³/mol. The summed E-state index contributed by atoms with van der Waals surface area (Å²) in [5, 5.41) is 18.4. The molecule has 1 unspecified atom stereocenters. The largest absolute Gasteiger partial charge is 0.478 e. The summed E-state index contributed by atoms with van der Waals surface area (Å²) in [6, 6.07) is 2.62. The van der Waals surface area contributed by atoms with Crippen LogP contribution in [0.25, 0.3) is 0 Å². The molecule has 0 aliphatic carbocycles. The van der Waals surface area contributed by atoms with Crippen LogP contribution in [0.2, 0.25) is 0 Å². The standard InChI is InChI=1S/C12H14FNO5S/c13-10-4-3-8(12(16)17)6-11(10)20(18,19)14-5-1-2-9(15)7-14/h3-4,6,9,15H,1-2,5,7H2,(H,16,17). The fraction of sp³-hybridized carbons (Fsp3) is 0.417. The summed E-state index contributed by atoms with van der Waals surface area (Å²) < 4.78 is 39.3. The summed E-state index contributed by atoms with van der Waals surface area (Å²) in [5.41, 5.74) is -0.303. The minimum Gasteiger partial charge on any atom is -0.478 e. The van der Waals surface area contributed by atoms with E-state index >= 15 is 0 Å². The van der Waals surface area contributed by atoms with Gasteiger partial charge in [0.15, 0.2) is 0 Å². The molecular formula is C12H14FNO5S. The van der Waals surface area contributed by atoms with Crippen molar-refractivity contribution in [3.63, 3.8) is 0 Å². The van der Waals surface area contributed by atoms with Crippen molar-refractivity contribution in [1.29, 1.82) is 0 Å². The zero-order valence-electron chi connectivity index (χ0n) is 10.5. The highest BCUT2D eigenvalue weighted by Crippen LogP contribution is 2.24. The van der Waals surface area contributed by atoms with E-state index in [9.17, 15) is 22.7 Å². The molecule has 1 fully saturated rings. The average molecular weight is 303 g/mol. The first-order valence-corrected chi connectivity index (χ1v) is 7.47. The third-order valence-corrected chi connectivity index (χ3v) is 5.04. The van der Waals surface area contributed by atoms with Crippen molar-refractivity contribution in [3.05, 3.63) is 29.6 Å². The number of hydrogen-bond donors (Lipinski definition) is 2. The number of sulfonamides is 1. The predicted octanol–water partition coefficient (Wildman–Crippen LogP) is 0.669. The van der Waals surface area contributed by atoms with E-state index in [1.54, 1.807) is 0 Å². The lowest BCUT2D eigenvalue weighted by molar-refractivity contribution is 0.0696. The number of hydrogen-bond acceptors (Lipinski definition) is 4. The van der Waals surface area contributed by atoms with Crippen LogP contribution in [0.3, 0.4) is 0 Å². The van der Waals surface area contributed by atoms with Gasteiger partial charge in [-0.25, -0.2) is 17.6 Å². The second-order valence-electron chi connectivity index (χ2n) is 4.61. The number of aliphatic hydroxyl groups is 1. The molecule has 0 amide bonds. The Balaban J connectivity index is 2.43. The van der Waals surface area contributed by atoms with E-state index in [-0.39, 0.29) is 18.7 Å². The van der Waals surface area contributed by atoms with Gasteiger partial charge in [0.25, 0.3) is 0 Å². The molecular weight excluding hydrogens is 289 g/mol. The monoisotopic (exact) mass is 303 g/mol. The molecule has 1 aliphatic heterocycles. The van der Waals surface area contributed by atoms with Gasteiger partial charge < -0.3 is 10.2 Å². The molecule has 8 heteroatoms. The molecule has 20 heavy (non-hydrogen) atoms. The summed E-state index contributed by atoms with van der Waals surface area (Å²) in [4.78, 5) is 10.2. The summed E-state index contributed by atoms with van der Waals surface area (Å²) in [5.74, 6) is -2.34. The van der Waals surface area contributed by atoms with Crippen molar-refractivity contribution in [2.24, 2.45) is 0 Å². The first-order chi connectivity index (χ1) is 9.32. The number of nitrogens with zero attached hydrogens (tertiary/aromatic N) is 1. The van der Waals surface area contributed by atoms with Crippen LogP contribution in [0, 0.1) is 5.82 Å². The van der Waals surface area contributed by atoms with Gasteiger partial charge in [0, 0.05) is 13.1 Å². The Hall–Kier alpha value is -1.51. The van der Waals surface area contributed by atoms with Crippen LogP contribution < -0.4 is 0 Å².